The van der Waals surface area contributed by atoms with E-state index in [1.165, 1.54) is 12.8 Å². The van der Waals surface area contributed by atoms with Crippen molar-refractivity contribution in [2.75, 3.05) is 6.61 Å². The Balaban J connectivity index is 1.86. The third-order valence-electron chi connectivity index (χ3n) is 5.75. The zero-order valence-corrected chi connectivity index (χ0v) is 15.1. The first-order chi connectivity index (χ1) is 9.37. The SMILES string of the molecule is CC1(C)OCC([C@@]23CC(C(C)(C)C)N(C(C)(C)C)C2C3)O1. The minimum atomic E-state index is -0.404. The quantitative estimate of drug-likeness (QED) is 0.734. The number of rotatable bonds is 1. The molecule has 2 aliphatic heterocycles. The van der Waals surface area contributed by atoms with Crippen LogP contribution in [0.4, 0.5) is 0 Å². The van der Waals surface area contributed by atoms with Gasteiger partial charge in [0.2, 0.25) is 0 Å². The summed E-state index contributed by atoms with van der Waals surface area (Å²) in [5.74, 6) is -0.404. The van der Waals surface area contributed by atoms with E-state index in [2.05, 4.69) is 46.4 Å². The van der Waals surface area contributed by atoms with Gasteiger partial charge in [0.1, 0.15) is 0 Å². The summed E-state index contributed by atoms with van der Waals surface area (Å²) in [6.45, 7) is 19.1. The minimum absolute atomic E-state index is 0.218. The molecule has 4 atom stereocenters. The van der Waals surface area contributed by atoms with E-state index in [9.17, 15) is 0 Å². The summed E-state index contributed by atoms with van der Waals surface area (Å²) in [6.07, 6.45) is 2.80. The Labute approximate surface area is 130 Å². The summed E-state index contributed by atoms with van der Waals surface area (Å²) in [6, 6.07) is 1.30. The number of ether oxygens (including phenoxy) is 2. The van der Waals surface area contributed by atoms with Crippen LogP contribution in [0.5, 0.6) is 0 Å². The molecular weight excluding hydrogens is 262 g/mol. The van der Waals surface area contributed by atoms with Crippen molar-refractivity contribution in [2.24, 2.45) is 10.8 Å². The van der Waals surface area contributed by atoms with Crippen molar-refractivity contribution in [3.8, 4) is 0 Å². The second-order valence-electron chi connectivity index (χ2n) is 9.93. The van der Waals surface area contributed by atoms with E-state index in [1.807, 2.05) is 13.8 Å². The predicted octanol–water partition coefficient (Wildman–Crippen LogP) is 3.82. The topological polar surface area (TPSA) is 21.7 Å². The molecule has 1 aliphatic carbocycles. The second-order valence-corrected chi connectivity index (χ2v) is 9.93. The fourth-order valence-electron chi connectivity index (χ4n) is 4.68. The van der Waals surface area contributed by atoms with Crippen LogP contribution in [0.25, 0.3) is 0 Å². The first-order valence-corrected chi connectivity index (χ1v) is 8.47. The minimum Gasteiger partial charge on any atom is -0.348 e. The van der Waals surface area contributed by atoms with Crippen LogP contribution in [-0.4, -0.2) is 41.0 Å². The van der Waals surface area contributed by atoms with Gasteiger partial charge in [-0.3, -0.25) is 4.90 Å². The van der Waals surface area contributed by atoms with Crippen molar-refractivity contribution >= 4 is 0 Å². The summed E-state index contributed by atoms with van der Waals surface area (Å²) in [7, 11) is 0. The van der Waals surface area contributed by atoms with Crippen LogP contribution in [0.15, 0.2) is 0 Å². The van der Waals surface area contributed by atoms with E-state index in [0.29, 0.717) is 22.9 Å². The molecular formula is C18H33NO2. The molecule has 0 radical (unpaired) electrons. The van der Waals surface area contributed by atoms with Gasteiger partial charge in [0.15, 0.2) is 5.79 Å². The Kier molecular flexibility index (Phi) is 3.18. The van der Waals surface area contributed by atoms with Gasteiger partial charge in [-0.25, -0.2) is 0 Å². The van der Waals surface area contributed by atoms with Gasteiger partial charge in [-0.1, -0.05) is 20.8 Å². The van der Waals surface area contributed by atoms with Gasteiger partial charge in [0, 0.05) is 23.0 Å². The smallest absolute Gasteiger partial charge is 0.163 e. The molecule has 0 aromatic heterocycles. The van der Waals surface area contributed by atoms with E-state index >= 15 is 0 Å². The largest absolute Gasteiger partial charge is 0.348 e. The molecule has 3 nitrogen and oxygen atoms in total. The van der Waals surface area contributed by atoms with Crippen LogP contribution < -0.4 is 0 Å². The standard InChI is InChI=1S/C18H33NO2/c1-15(2,3)12-9-18(14-11-20-17(7,8)21-14)10-13(18)19(12)16(4,5)6/h12-14H,9-11H2,1-8H3/t12?,13?,14?,18-/m1/s1. The molecule has 0 bridgehead atoms. The van der Waals surface area contributed by atoms with Crippen LogP contribution in [0.1, 0.15) is 68.2 Å². The maximum Gasteiger partial charge on any atom is 0.163 e. The lowest BCUT2D eigenvalue weighted by Gasteiger charge is -2.45. The van der Waals surface area contributed by atoms with Gasteiger partial charge < -0.3 is 9.47 Å². The summed E-state index contributed by atoms with van der Waals surface area (Å²) < 4.78 is 12.1. The Bertz CT molecular complexity index is 431. The lowest BCUT2D eigenvalue weighted by atomic mass is 9.79. The fourth-order valence-corrected chi connectivity index (χ4v) is 4.68. The van der Waals surface area contributed by atoms with Crippen LogP contribution in [0, 0.1) is 10.8 Å². The van der Waals surface area contributed by atoms with Crippen LogP contribution in [-0.2, 0) is 9.47 Å². The van der Waals surface area contributed by atoms with Crippen LogP contribution in [0.3, 0.4) is 0 Å². The van der Waals surface area contributed by atoms with Gasteiger partial charge >= 0.3 is 0 Å². The highest BCUT2D eigenvalue weighted by Crippen LogP contribution is 2.67. The lowest BCUT2D eigenvalue weighted by molar-refractivity contribution is -0.146. The molecule has 3 rings (SSSR count). The summed E-state index contributed by atoms with van der Waals surface area (Å²) in [5.41, 5.74) is 0.859. The third-order valence-corrected chi connectivity index (χ3v) is 5.75. The molecule has 3 aliphatic rings. The number of hydrogen-bond acceptors (Lipinski definition) is 3. The number of hydrogen-bond donors (Lipinski definition) is 0. The average molecular weight is 295 g/mol. The third kappa shape index (κ3) is 2.46. The van der Waals surface area contributed by atoms with Crippen LogP contribution >= 0.6 is 0 Å². The molecule has 0 amide bonds. The molecule has 0 N–H and O–H groups in total. The number of fused-ring (bicyclic) bond motifs is 1. The maximum absolute atomic E-state index is 6.25. The van der Waals surface area contributed by atoms with Crippen molar-refractivity contribution < 1.29 is 9.47 Å². The van der Waals surface area contributed by atoms with E-state index < -0.39 is 5.79 Å². The van der Waals surface area contributed by atoms with E-state index in [1.54, 1.807) is 0 Å². The van der Waals surface area contributed by atoms with E-state index in [0.717, 1.165) is 6.61 Å². The van der Waals surface area contributed by atoms with Crippen LogP contribution in [0.2, 0.25) is 0 Å². The lowest BCUT2D eigenvalue weighted by Crippen LogP contribution is -2.51. The zero-order chi connectivity index (χ0) is 15.8. The first-order valence-electron chi connectivity index (χ1n) is 8.47. The molecule has 3 heteroatoms. The van der Waals surface area contributed by atoms with Crippen molar-refractivity contribution in [2.45, 2.75) is 97.7 Å². The molecule has 2 heterocycles. The van der Waals surface area contributed by atoms with Crippen molar-refractivity contribution in [1.82, 2.24) is 4.90 Å². The molecule has 21 heavy (non-hydrogen) atoms. The highest BCUT2D eigenvalue weighted by Gasteiger charge is 2.72. The molecule has 3 unspecified atom stereocenters. The predicted molar refractivity (Wildman–Crippen MR) is 85.2 cm³/mol. The van der Waals surface area contributed by atoms with Gasteiger partial charge in [-0.15, -0.1) is 0 Å². The molecule has 1 saturated carbocycles. The van der Waals surface area contributed by atoms with Gasteiger partial charge in [0.25, 0.3) is 0 Å². The summed E-state index contributed by atoms with van der Waals surface area (Å²) in [4.78, 5) is 2.78. The van der Waals surface area contributed by atoms with E-state index in [-0.39, 0.29) is 11.6 Å². The molecule has 0 aromatic rings. The Morgan fingerprint density at radius 1 is 1.00 bits per heavy atom. The highest BCUT2D eigenvalue weighted by atomic mass is 16.7. The van der Waals surface area contributed by atoms with Crippen molar-refractivity contribution in [3.05, 3.63) is 0 Å². The summed E-state index contributed by atoms with van der Waals surface area (Å²) in [5, 5.41) is 0. The van der Waals surface area contributed by atoms with Gasteiger partial charge in [-0.2, -0.15) is 0 Å². The molecule has 122 valence electrons. The molecule has 2 saturated heterocycles. The Morgan fingerprint density at radius 3 is 2.00 bits per heavy atom. The normalized spacial score (nSPS) is 43.1. The molecule has 0 spiro atoms. The van der Waals surface area contributed by atoms with Gasteiger partial charge in [0.05, 0.1) is 12.7 Å². The average Bonchev–Trinajstić information content (AvgIpc) is 2.68. The molecule has 3 fully saturated rings. The van der Waals surface area contributed by atoms with Crippen molar-refractivity contribution in [3.63, 3.8) is 0 Å². The first kappa shape index (κ1) is 15.8. The number of nitrogens with zero attached hydrogens (tertiary/aromatic N) is 1. The maximum atomic E-state index is 6.25. The second kappa shape index (κ2) is 4.24. The Morgan fingerprint density at radius 2 is 1.62 bits per heavy atom. The van der Waals surface area contributed by atoms with Crippen molar-refractivity contribution in [1.29, 1.82) is 0 Å². The Hall–Kier alpha value is -0.120. The summed E-state index contributed by atoms with van der Waals surface area (Å²) >= 11 is 0. The molecule has 0 aromatic carbocycles. The highest BCUT2D eigenvalue weighted by molar-refractivity contribution is 5.23. The number of piperidine rings is 1. The van der Waals surface area contributed by atoms with E-state index in [4.69, 9.17) is 9.47 Å². The zero-order valence-electron chi connectivity index (χ0n) is 15.1. The fraction of sp³-hybridized carbons (Fsp3) is 1.00. The monoisotopic (exact) mass is 295 g/mol. The number of likely N-dealkylation sites (tertiary alicyclic amines) is 1. The van der Waals surface area contributed by atoms with Gasteiger partial charge in [-0.05, 0) is 52.9 Å².